The number of aromatic nitrogens is 1. The molecule has 118 valence electrons. The molecule has 1 unspecified atom stereocenters. The summed E-state index contributed by atoms with van der Waals surface area (Å²) < 4.78 is 38.9. The van der Waals surface area contributed by atoms with E-state index < -0.39 is 10.0 Å². The molecular weight excluding hydrogens is 305 g/mol. The first-order chi connectivity index (χ1) is 10.3. The Labute approximate surface area is 129 Å². The monoisotopic (exact) mass is 323 g/mol. The lowest BCUT2D eigenvalue weighted by molar-refractivity contribution is 0.567. The van der Waals surface area contributed by atoms with Gasteiger partial charge in [-0.3, -0.25) is 4.98 Å². The first-order valence-electron chi connectivity index (χ1n) is 7.11. The second-order valence-electron chi connectivity index (χ2n) is 5.77. The highest BCUT2D eigenvalue weighted by atomic mass is 32.2. The van der Waals surface area contributed by atoms with Crippen molar-refractivity contribution >= 4 is 26.6 Å². The van der Waals surface area contributed by atoms with E-state index in [1.165, 1.54) is 12.1 Å². The number of fused-ring (bicyclic) bond motifs is 1. The van der Waals surface area contributed by atoms with Gasteiger partial charge in [-0.15, -0.1) is 0 Å². The molecule has 1 aromatic heterocycles. The van der Waals surface area contributed by atoms with Crippen molar-refractivity contribution in [1.82, 2.24) is 9.71 Å². The number of halogens is 1. The third-order valence-corrected chi connectivity index (χ3v) is 4.55. The molecule has 2 heterocycles. The van der Waals surface area contributed by atoms with Crippen LogP contribution in [0.15, 0.2) is 24.3 Å². The van der Waals surface area contributed by atoms with Gasteiger partial charge < -0.3 is 4.90 Å². The number of sulfonamides is 1. The van der Waals surface area contributed by atoms with Crippen molar-refractivity contribution in [2.75, 3.05) is 24.2 Å². The Kier molecular flexibility index (Phi) is 3.78. The predicted molar refractivity (Wildman–Crippen MR) is 85.0 cm³/mol. The maximum Gasteiger partial charge on any atom is 0.209 e. The molecule has 7 heteroatoms. The van der Waals surface area contributed by atoms with Gasteiger partial charge >= 0.3 is 0 Å². The van der Waals surface area contributed by atoms with Gasteiger partial charge in [0.15, 0.2) is 0 Å². The zero-order chi connectivity index (χ0) is 15.9. The fraction of sp³-hybridized carbons (Fsp3) is 0.400. The highest BCUT2D eigenvalue weighted by Gasteiger charge is 2.26. The number of rotatable bonds is 3. The molecule has 0 radical (unpaired) electrons. The van der Waals surface area contributed by atoms with Crippen molar-refractivity contribution in [2.45, 2.75) is 19.4 Å². The molecule has 0 bridgehead atoms. The molecule has 0 saturated carbocycles. The zero-order valence-electron chi connectivity index (χ0n) is 12.5. The topological polar surface area (TPSA) is 62.3 Å². The van der Waals surface area contributed by atoms with E-state index >= 15 is 0 Å². The molecule has 1 aliphatic heterocycles. The number of pyridine rings is 1. The van der Waals surface area contributed by atoms with Crippen molar-refractivity contribution < 1.29 is 12.8 Å². The molecule has 1 aromatic carbocycles. The molecule has 1 atom stereocenters. The average molecular weight is 323 g/mol. The maximum absolute atomic E-state index is 13.6. The van der Waals surface area contributed by atoms with Gasteiger partial charge in [0.25, 0.3) is 0 Å². The smallest absolute Gasteiger partial charge is 0.209 e. The van der Waals surface area contributed by atoms with Crippen LogP contribution in [0.2, 0.25) is 0 Å². The van der Waals surface area contributed by atoms with Crippen molar-refractivity contribution in [3.8, 4) is 0 Å². The van der Waals surface area contributed by atoms with E-state index in [0.717, 1.165) is 41.5 Å². The van der Waals surface area contributed by atoms with E-state index in [9.17, 15) is 12.8 Å². The maximum atomic E-state index is 13.6. The van der Waals surface area contributed by atoms with Crippen molar-refractivity contribution in [3.05, 3.63) is 35.8 Å². The molecule has 0 spiro atoms. The lowest BCUT2D eigenvalue weighted by Crippen LogP contribution is -2.36. The standard InChI is InChI=1S/C15H18FN3O2S/c1-10-7-15(13-8-11(16)3-4-14(13)17-10)19-6-5-12(9-19)18-22(2,20)21/h3-4,7-8,12,18H,5-6,9H2,1-2H3. The molecule has 1 N–H and O–H groups in total. The first kappa shape index (κ1) is 15.2. The van der Waals surface area contributed by atoms with E-state index in [0.29, 0.717) is 6.54 Å². The molecule has 1 fully saturated rings. The third kappa shape index (κ3) is 3.20. The van der Waals surface area contributed by atoms with Gasteiger partial charge in [-0.05, 0) is 37.6 Å². The van der Waals surface area contributed by atoms with Gasteiger partial charge in [0.2, 0.25) is 10.0 Å². The summed E-state index contributed by atoms with van der Waals surface area (Å²) >= 11 is 0. The van der Waals surface area contributed by atoms with E-state index in [1.807, 2.05) is 13.0 Å². The molecule has 1 saturated heterocycles. The summed E-state index contributed by atoms with van der Waals surface area (Å²) in [4.78, 5) is 6.51. The Bertz CT molecular complexity index is 823. The molecule has 1 aliphatic rings. The highest BCUT2D eigenvalue weighted by molar-refractivity contribution is 7.88. The van der Waals surface area contributed by atoms with E-state index in [1.54, 1.807) is 6.07 Å². The van der Waals surface area contributed by atoms with Crippen LogP contribution in [-0.2, 0) is 10.0 Å². The Morgan fingerprint density at radius 2 is 2.14 bits per heavy atom. The number of benzene rings is 1. The number of nitrogens with one attached hydrogen (secondary N) is 1. The predicted octanol–water partition coefficient (Wildman–Crippen LogP) is 1.81. The van der Waals surface area contributed by atoms with Gasteiger partial charge in [0, 0.05) is 35.9 Å². The summed E-state index contributed by atoms with van der Waals surface area (Å²) in [5, 5.41) is 0.755. The summed E-state index contributed by atoms with van der Waals surface area (Å²) in [5.41, 5.74) is 2.50. The zero-order valence-corrected chi connectivity index (χ0v) is 13.3. The van der Waals surface area contributed by atoms with Gasteiger partial charge in [0.1, 0.15) is 5.82 Å². The van der Waals surface area contributed by atoms with Gasteiger partial charge in [-0.1, -0.05) is 0 Å². The normalized spacial score (nSPS) is 19.0. The van der Waals surface area contributed by atoms with Crippen LogP contribution in [0.1, 0.15) is 12.1 Å². The molecule has 0 amide bonds. The largest absolute Gasteiger partial charge is 0.369 e. The summed E-state index contributed by atoms with van der Waals surface area (Å²) in [6, 6.07) is 6.35. The van der Waals surface area contributed by atoms with Crippen molar-refractivity contribution in [3.63, 3.8) is 0 Å². The second-order valence-corrected chi connectivity index (χ2v) is 7.55. The number of aryl methyl sites for hydroxylation is 1. The Hall–Kier alpha value is -1.73. The minimum atomic E-state index is -3.22. The Morgan fingerprint density at radius 1 is 1.36 bits per heavy atom. The summed E-state index contributed by atoms with van der Waals surface area (Å²) in [6.07, 6.45) is 1.89. The SMILES string of the molecule is Cc1cc(N2CCC(NS(C)(=O)=O)C2)c2cc(F)ccc2n1. The van der Waals surface area contributed by atoms with Crippen LogP contribution in [0.5, 0.6) is 0 Å². The number of hydrogen-bond donors (Lipinski definition) is 1. The van der Waals surface area contributed by atoms with E-state index in [4.69, 9.17) is 0 Å². The van der Waals surface area contributed by atoms with Gasteiger partial charge in [-0.2, -0.15) is 0 Å². The fourth-order valence-electron chi connectivity index (χ4n) is 2.95. The Morgan fingerprint density at radius 3 is 2.86 bits per heavy atom. The summed E-state index contributed by atoms with van der Waals surface area (Å²) in [6.45, 7) is 3.19. The number of nitrogens with zero attached hydrogens (tertiary/aromatic N) is 2. The molecule has 2 aromatic rings. The van der Waals surface area contributed by atoms with Crippen LogP contribution in [0.25, 0.3) is 10.9 Å². The van der Waals surface area contributed by atoms with Crippen LogP contribution in [0, 0.1) is 12.7 Å². The molecular formula is C15H18FN3O2S. The lowest BCUT2D eigenvalue weighted by Gasteiger charge is -2.21. The van der Waals surface area contributed by atoms with E-state index in [-0.39, 0.29) is 11.9 Å². The van der Waals surface area contributed by atoms with Crippen LogP contribution in [0.4, 0.5) is 10.1 Å². The van der Waals surface area contributed by atoms with Crippen LogP contribution in [-0.4, -0.2) is 38.8 Å². The minimum Gasteiger partial charge on any atom is -0.369 e. The quantitative estimate of drug-likeness (QED) is 0.936. The first-order valence-corrected chi connectivity index (χ1v) is 9.00. The lowest BCUT2D eigenvalue weighted by atomic mass is 10.1. The van der Waals surface area contributed by atoms with E-state index in [2.05, 4.69) is 14.6 Å². The van der Waals surface area contributed by atoms with Crippen LogP contribution in [0.3, 0.4) is 0 Å². The molecule has 22 heavy (non-hydrogen) atoms. The van der Waals surface area contributed by atoms with Crippen molar-refractivity contribution in [2.24, 2.45) is 0 Å². The molecule has 5 nitrogen and oxygen atoms in total. The molecule has 3 rings (SSSR count). The van der Waals surface area contributed by atoms with Gasteiger partial charge in [-0.25, -0.2) is 17.5 Å². The van der Waals surface area contributed by atoms with Crippen molar-refractivity contribution in [1.29, 1.82) is 0 Å². The van der Waals surface area contributed by atoms with Crippen LogP contribution < -0.4 is 9.62 Å². The minimum absolute atomic E-state index is 0.118. The average Bonchev–Trinajstić information content (AvgIpc) is 2.84. The Balaban J connectivity index is 1.95. The second kappa shape index (κ2) is 5.48. The highest BCUT2D eigenvalue weighted by Crippen LogP contribution is 2.30. The van der Waals surface area contributed by atoms with Crippen LogP contribution >= 0.6 is 0 Å². The summed E-state index contributed by atoms with van der Waals surface area (Å²) in [7, 11) is -3.22. The fourth-order valence-corrected chi connectivity index (χ4v) is 3.75. The number of anilines is 1. The number of hydrogen-bond acceptors (Lipinski definition) is 4. The molecule has 0 aliphatic carbocycles. The summed E-state index contributed by atoms with van der Waals surface area (Å²) in [5.74, 6) is -0.301. The van der Waals surface area contributed by atoms with Gasteiger partial charge in [0.05, 0.1) is 11.8 Å². The third-order valence-electron chi connectivity index (χ3n) is 3.79.